The number of alkyl halides is 1. The van der Waals surface area contributed by atoms with Gasteiger partial charge in [0, 0.05) is 121 Å². The molecule has 125 heavy (non-hydrogen) atoms. The molecule has 0 aliphatic carbocycles. The Kier molecular flexibility index (Phi) is 75.3. The first-order valence-electron chi connectivity index (χ1n) is 34.7. The van der Waals surface area contributed by atoms with Gasteiger partial charge in [-0.25, -0.2) is 24.0 Å². The summed E-state index contributed by atoms with van der Waals surface area (Å²) in [5, 5.41) is 38.9. The number of halogens is 11. The van der Waals surface area contributed by atoms with Crippen molar-refractivity contribution in [1.82, 2.24) is 35.9 Å². The zero-order valence-electron chi connectivity index (χ0n) is 65.6. The average Bonchev–Trinajstić information content (AvgIpc) is 0.774. The van der Waals surface area contributed by atoms with Crippen molar-refractivity contribution < 1.29 is 126 Å². The maximum Gasteiger partial charge on any atom is 1.00 e. The fraction of sp³-hybridized carbons (Fsp3) is 0.293. The number of pyridine rings is 4. The fourth-order valence-electron chi connectivity index (χ4n) is 10.2. The summed E-state index contributed by atoms with van der Waals surface area (Å²) < 4.78 is 19.3. The standard InChI is InChI=1S/C19H15ClN2O4.C19H22N2O6.C12H12N2O3.C10H8BrNO.C9H15NO5.C7H4Cl2O.C2H5O.4CH4.ClH.6HI.Na.2V/c20-13-7-5-11(6-8-13)18(24)22-16(19(25)26)9-12-10-17(23)21-15-4-2-1-3-14(12)15;1-4-26-17(24)19(21-12(3)22,18(25)27-5-2)11-13-10-16(23)20-15-9-7-6-8-14(13)15;13-9(12(16)17)5-7-6-11(15)14-10-4-2-1-3-8(7)10;11-6-7-5-10(13)12-9-4-2-1-3-8(7)9;1-4-14-8(12)7(10-6(3)11)9(13)15-5-2;8-6-3-1-5(2-4-6)7(9)10;1-2-3;;;;;;;;;;;;;;/h1-8,10,16H,9H2,(H,21,23)(H,22,24)(H,25,26);6-10H,4-5,11H2,1-3H3,(H,20,23)(H,21,22);1-4,6,9H,5,13H2,(H,14,15)(H,16,17);1-5H,6H2,(H,12,13);7H,4-5H2,1-3H3,(H,10,11);1-4H;2H2,1H3;4*1H4;7*1H;;;/q;;;;;;-1;;;;;;;;;;;;+1;+2;+3/p-5. The van der Waals surface area contributed by atoms with Gasteiger partial charge in [-0.15, -0.1) is 43.0 Å². The Morgan fingerprint density at radius 3 is 1.13 bits per heavy atom. The number of para-hydroxylation sites is 4. The number of aliphatic carboxylic acids is 2. The summed E-state index contributed by atoms with van der Waals surface area (Å²) in [6.45, 7) is 10.6. The number of carboxylic acid groups (broad SMARTS) is 2. The first-order chi connectivity index (χ1) is 55.9. The van der Waals surface area contributed by atoms with Crippen LogP contribution >= 0.6 is 187 Å². The van der Waals surface area contributed by atoms with E-state index >= 15 is 0 Å². The number of benzene rings is 6. The van der Waals surface area contributed by atoms with E-state index < -0.39 is 88.0 Å². The molecule has 4 aromatic heterocycles. The Labute approximate surface area is 859 Å². The minimum Gasteiger partial charge on any atom is 1.00 e. The van der Waals surface area contributed by atoms with Crippen LogP contribution in [-0.4, -0.2) is 146 Å². The molecule has 0 fully saturated rings. The average molecular weight is 2640 g/mol. The van der Waals surface area contributed by atoms with Crippen molar-refractivity contribution >= 4 is 289 Å². The van der Waals surface area contributed by atoms with Gasteiger partial charge in [-0.2, -0.15) is 0 Å². The zero-order chi connectivity index (χ0) is 88.8. The van der Waals surface area contributed by atoms with E-state index in [9.17, 15) is 72.2 Å². The number of amides is 3. The molecular weight excluding hydrogens is 2540 g/mol. The summed E-state index contributed by atoms with van der Waals surface area (Å²) in [6.07, 6.45) is -0.159. The molecule has 10 aromatic rings. The minimum absolute atomic E-state index is 0. The van der Waals surface area contributed by atoms with Crippen molar-refractivity contribution in [3.8, 4) is 0 Å². The molecule has 0 radical (unpaired) electrons. The number of carbonyl (C=O) groups excluding carboxylic acids is 8. The third-order valence-electron chi connectivity index (χ3n) is 14.9. The SMILES string of the molecule is C.C.C.C.CCOC(=O)C(Cc1cc(=O)[nH]c2ccccc12)(NC(C)=O)C(=O)OCC.CCOC(=O)C(NC(C)=O)C(=O)OCC.CC[O-].Cl.I.NC(Cc1cc(=O)[nH]c2ccccc12)C(=O)O.O=C(Cl)c1ccc(Cl)cc1.O=C(NC(Cc1cc(=O)[nH]c2ccccc12)C(=O)O)c1ccc(Cl)cc1.O=c1cc(CBr)c2ccccc2[nH]1.[I][V]([I])[I].[I][V][I].[Na+]. The van der Waals surface area contributed by atoms with Gasteiger partial charge in [0.2, 0.25) is 45.6 Å². The second-order valence-electron chi connectivity index (χ2n) is 23.3. The van der Waals surface area contributed by atoms with Crippen LogP contribution in [0.5, 0.6) is 0 Å². The molecule has 0 aliphatic rings. The number of ether oxygens (including phenoxy) is 4. The molecule has 0 aliphatic heterocycles. The second-order valence-corrected chi connectivity index (χ2v) is 72.3. The van der Waals surface area contributed by atoms with Gasteiger partial charge >= 0.3 is 180 Å². The molecule has 0 spiro atoms. The van der Waals surface area contributed by atoms with Crippen molar-refractivity contribution in [3.05, 3.63) is 255 Å². The summed E-state index contributed by atoms with van der Waals surface area (Å²) in [6, 6.07) is 43.7. The van der Waals surface area contributed by atoms with E-state index in [2.05, 4.69) is 161 Å². The Balaban J connectivity index is -0.000000337. The normalized spacial score (nSPS) is 10.1. The molecule has 10 rings (SSSR count). The van der Waals surface area contributed by atoms with Crippen molar-refractivity contribution in [2.75, 3.05) is 33.0 Å². The van der Waals surface area contributed by atoms with E-state index in [1.165, 1.54) is 44.2 Å². The number of hydrogen-bond donors (Lipinski definition) is 10. The first-order valence-corrected chi connectivity index (χ1v) is 59.5. The van der Waals surface area contributed by atoms with Crippen LogP contribution in [0.4, 0.5) is 0 Å². The van der Waals surface area contributed by atoms with Crippen LogP contribution < -0.4 is 78.6 Å². The third kappa shape index (κ3) is 48.8. The van der Waals surface area contributed by atoms with Crippen LogP contribution in [0.25, 0.3) is 43.6 Å². The molecular formula is C82H99BrCl4I6N8NaO21V2. The fourth-order valence-corrected chi connectivity index (χ4v) is 11.0. The molecule has 6 aromatic carbocycles. The predicted octanol–water partition coefficient (Wildman–Crippen LogP) is 13.3. The molecule has 0 saturated carbocycles. The Morgan fingerprint density at radius 2 is 0.824 bits per heavy atom. The molecule has 2 atom stereocenters. The number of carbonyl (C=O) groups is 10. The zero-order valence-corrected chi connectivity index (χ0v) is 88.2. The van der Waals surface area contributed by atoms with Crippen molar-refractivity contribution in [2.45, 2.75) is 126 Å². The van der Waals surface area contributed by atoms with Gasteiger partial charge in [0.1, 0.15) is 12.1 Å². The van der Waals surface area contributed by atoms with E-state index in [1.807, 2.05) is 36.4 Å². The molecule has 2 unspecified atom stereocenters. The summed E-state index contributed by atoms with van der Waals surface area (Å²) >= 11 is 32.0. The predicted molar refractivity (Wildman–Crippen MR) is 541 cm³/mol. The van der Waals surface area contributed by atoms with E-state index in [0.29, 0.717) is 74.6 Å². The third-order valence-corrected chi connectivity index (χ3v) is 16.3. The van der Waals surface area contributed by atoms with Gasteiger partial charge in [-0.3, -0.25) is 43.2 Å². The molecule has 3 amide bonds. The van der Waals surface area contributed by atoms with Gasteiger partial charge in [0.15, 0.2) is 0 Å². The summed E-state index contributed by atoms with van der Waals surface area (Å²) in [7, 11) is 0.628. The number of esters is 4. The van der Waals surface area contributed by atoms with Crippen LogP contribution in [0.1, 0.15) is 121 Å². The smallest absolute Gasteiger partial charge is 1.00 e. The van der Waals surface area contributed by atoms with Crippen LogP contribution in [0.2, 0.25) is 10.0 Å². The molecule has 0 bridgehead atoms. The van der Waals surface area contributed by atoms with Crippen LogP contribution in [-0.2, 0) is 96.3 Å². The molecule has 0 saturated heterocycles. The van der Waals surface area contributed by atoms with Crippen LogP contribution in [0, 0.1) is 0 Å². The maximum atomic E-state index is 12.7. The minimum atomic E-state index is -2.09. The van der Waals surface area contributed by atoms with Crippen molar-refractivity contribution in [1.29, 1.82) is 0 Å². The van der Waals surface area contributed by atoms with E-state index in [0.717, 1.165) is 27.2 Å². The Hall–Kier alpha value is -4.83. The number of nitrogens with one attached hydrogen (secondary N) is 7. The van der Waals surface area contributed by atoms with Gasteiger partial charge in [0.25, 0.3) is 11.1 Å². The second kappa shape index (κ2) is 71.9. The number of hydrogen-bond acceptors (Lipinski definition) is 20. The molecule has 43 heteroatoms. The van der Waals surface area contributed by atoms with Crippen LogP contribution in [0.3, 0.4) is 0 Å². The van der Waals surface area contributed by atoms with Crippen molar-refractivity contribution in [2.24, 2.45) is 5.73 Å². The number of fused-ring (bicyclic) bond motifs is 4. The van der Waals surface area contributed by atoms with E-state index in [4.69, 9.17) is 60.2 Å². The quantitative estimate of drug-likeness (QED) is 0.00573. The summed E-state index contributed by atoms with van der Waals surface area (Å²) in [4.78, 5) is 173. The number of aromatic nitrogens is 4. The van der Waals surface area contributed by atoms with E-state index in [-0.39, 0.29) is 170 Å². The van der Waals surface area contributed by atoms with Crippen LogP contribution in [0.15, 0.2) is 189 Å². The number of carboxylic acids is 2. The topological polar surface area (TPSA) is 465 Å². The summed E-state index contributed by atoms with van der Waals surface area (Å²) in [5.41, 5.74) is 8.51. The van der Waals surface area contributed by atoms with Gasteiger partial charge in [0.05, 0.1) is 26.4 Å². The Morgan fingerprint density at radius 1 is 0.520 bits per heavy atom. The molecule has 4 heterocycles. The number of aromatic amines is 4. The van der Waals surface area contributed by atoms with E-state index in [1.54, 1.807) is 138 Å². The summed E-state index contributed by atoms with van der Waals surface area (Å²) in [5.74, 6) is -7.40. The molecule has 11 N–H and O–H groups in total. The number of H-pyrrole nitrogens is 4. The Bertz CT molecular complexity index is 5230. The van der Waals surface area contributed by atoms with Crippen molar-refractivity contribution in [3.63, 3.8) is 0 Å². The maximum absolute atomic E-state index is 12.7. The number of nitrogens with two attached hydrogens (primary N) is 1. The van der Waals surface area contributed by atoms with Gasteiger partial charge < -0.3 is 75.9 Å². The van der Waals surface area contributed by atoms with Gasteiger partial charge in [-0.05, 0) is 141 Å². The largest absolute Gasteiger partial charge is 1.00 e. The molecule has 29 nitrogen and oxygen atoms in total. The first kappa shape index (κ1) is 131. The number of rotatable bonds is 22. The molecule has 681 valence electrons. The van der Waals surface area contributed by atoms with Gasteiger partial charge in [-0.1, -0.05) is 149 Å². The monoisotopic (exact) mass is 2640 g/mol.